The van der Waals surface area contributed by atoms with Gasteiger partial charge >= 0.3 is 0 Å². The predicted molar refractivity (Wildman–Crippen MR) is 115 cm³/mol. The first-order chi connectivity index (χ1) is 13.8. The minimum Gasteiger partial charge on any atom is -0.378 e. The van der Waals surface area contributed by atoms with Crippen molar-refractivity contribution in [1.82, 2.24) is 19.8 Å². The molecule has 0 spiro atoms. The van der Waals surface area contributed by atoms with E-state index < -0.39 is 0 Å². The summed E-state index contributed by atoms with van der Waals surface area (Å²) in [6.07, 6.45) is 17.8. The zero-order chi connectivity index (χ0) is 19.6. The minimum absolute atomic E-state index is 0.465. The number of piperidine rings is 1. The van der Waals surface area contributed by atoms with Gasteiger partial charge in [-0.2, -0.15) is 0 Å². The molecule has 2 aliphatic rings. The molecule has 2 atom stereocenters. The van der Waals surface area contributed by atoms with E-state index in [4.69, 9.17) is 4.74 Å². The van der Waals surface area contributed by atoms with Gasteiger partial charge in [0.15, 0.2) is 5.96 Å². The smallest absolute Gasteiger partial charge is 0.193 e. The van der Waals surface area contributed by atoms with Gasteiger partial charge in [-0.25, -0.2) is 4.98 Å². The quantitative estimate of drug-likeness (QED) is 0.417. The summed E-state index contributed by atoms with van der Waals surface area (Å²) in [6, 6.07) is 0.465. The summed E-state index contributed by atoms with van der Waals surface area (Å²) >= 11 is 0. The molecule has 3 rings (SSSR count). The van der Waals surface area contributed by atoms with Crippen LogP contribution in [0.5, 0.6) is 0 Å². The SMILES string of the molecule is CN=C(NCCCCCOC1CCCCC1)N1CCC(C)C(n2ccnc2)C1. The van der Waals surface area contributed by atoms with Crippen molar-refractivity contribution in [2.24, 2.45) is 10.9 Å². The van der Waals surface area contributed by atoms with Gasteiger partial charge in [0, 0.05) is 45.7 Å². The van der Waals surface area contributed by atoms with E-state index in [2.05, 4.69) is 37.9 Å². The molecular formula is C22H39N5O. The van der Waals surface area contributed by atoms with Crippen LogP contribution in [-0.2, 0) is 4.74 Å². The molecule has 0 bridgehead atoms. The van der Waals surface area contributed by atoms with Crippen LogP contribution in [-0.4, -0.2) is 59.8 Å². The molecule has 0 amide bonds. The molecule has 158 valence electrons. The summed E-state index contributed by atoms with van der Waals surface area (Å²) in [5.41, 5.74) is 0. The molecule has 2 heterocycles. The van der Waals surface area contributed by atoms with Gasteiger partial charge in [0.1, 0.15) is 0 Å². The number of nitrogens with one attached hydrogen (secondary N) is 1. The molecule has 0 radical (unpaired) electrons. The summed E-state index contributed by atoms with van der Waals surface area (Å²) in [4.78, 5) is 11.2. The third-order valence-corrected chi connectivity index (χ3v) is 6.35. The molecular weight excluding hydrogens is 350 g/mol. The molecule has 2 fully saturated rings. The number of rotatable bonds is 8. The van der Waals surface area contributed by atoms with Gasteiger partial charge in [-0.1, -0.05) is 26.2 Å². The van der Waals surface area contributed by atoms with Gasteiger partial charge in [0.25, 0.3) is 0 Å². The zero-order valence-corrected chi connectivity index (χ0v) is 17.9. The van der Waals surface area contributed by atoms with E-state index in [0.717, 1.165) is 32.2 Å². The summed E-state index contributed by atoms with van der Waals surface area (Å²) in [5, 5.41) is 3.57. The highest BCUT2D eigenvalue weighted by Crippen LogP contribution is 2.27. The Morgan fingerprint density at radius 2 is 2.04 bits per heavy atom. The molecule has 1 aromatic rings. The van der Waals surface area contributed by atoms with Crippen molar-refractivity contribution in [3.63, 3.8) is 0 Å². The fraction of sp³-hybridized carbons (Fsp3) is 0.818. The lowest BCUT2D eigenvalue weighted by Gasteiger charge is -2.39. The van der Waals surface area contributed by atoms with Crippen molar-refractivity contribution >= 4 is 5.96 Å². The summed E-state index contributed by atoms with van der Waals surface area (Å²) in [7, 11) is 1.89. The lowest BCUT2D eigenvalue weighted by molar-refractivity contribution is 0.0264. The van der Waals surface area contributed by atoms with E-state index in [1.54, 1.807) is 0 Å². The molecule has 1 saturated carbocycles. The zero-order valence-electron chi connectivity index (χ0n) is 17.9. The van der Waals surface area contributed by atoms with Crippen LogP contribution in [0.3, 0.4) is 0 Å². The molecule has 1 N–H and O–H groups in total. The maximum atomic E-state index is 6.02. The van der Waals surface area contributed by atoms with E-state index >= 15 is 0 Å². The number of hydrogen-bond acceptors (Lipinski definition) is 3. The van der Waals surface area contributed by atoms with E-state index in [1.807, 2.05) is 19.6 Å². The molecule has 1 aliphatic carbocycles. The maximum absolute atomic E-state index is 6.02. The van der Waals surface area contributed by atoms with Crippen LogP contribution in [0.25, 0.3) is 0 Å². The number of aromatic nitrogens is 2. The third-order valence-electron chi connectivity index (χ3n) is 6.35. The average molecular weight is 390 g/mol. The van der Waals surface area contributed by atoms with E-state index in [1.165, 1.54) is 57.8 Å². The molecule has 1 saturated heterocycles. The Kier molecular flexibility index (Phi) is 8.65. The third kappa shape index (κ3) is 6.23. The van der Waals surface area contributed by atoms with Crippen molar-refractivity contribution in [2.45, 2.75) is 76.9 Å². The summed E-state index contributed by atoms with van der Waals surface area (Å²) in [5.74, 6) is 1.70. The van der Waals surface area contributed by atoms with Crippen molar-refractivity contribution in [2.75, 3.05) is 33.3 Å². The van der Waals surface area contributed by atoms with Crippen molar-refractivity contribution in [1.29, 1.82) is 0 Å². The number of imidazole rings is 1. The number of likely N-dealkylation sites (tertiary alicyclic amines) is 1. The lowest BCUT2D eigenvalue weighted by atomic mass is 9.93. The highest BCUT2D eigenvalue weighted by atomic mass is 16.5. The van der Waals surface area contributed by atoms with Gasteiger partial charge in [-0.15, -0.1) is 0 Å². The Balaban J connectivity index is 1.32. The van der Waals surface area contributed by atoms with Gasteiger partial charge in [0.2, 0.25) is 0 Å². The summed E-state index contributed by atoms with van der Waals surface area (Å²) < 4.78 is 8.27. The van der Waals surface area contributed by atoms with E-state index in [-0.39, 0.29) is 0 Å². The Labute approximate surface area is 170 Å². The fourth-order valence-electron chi connectivity index (χ4n) is 4.51. The Morgan fingerprint density at radius 1 is 1.18 bits per heavy atom. The van der Waals surface area contributed by atoms with Crippen molar-refractivity contribution in [3.8, 4) is 0 Å². The monoisotopic (exact) mass is 389 g/mol. The van der Waals surface area contributed by atoms with Gasteiger partial charge in [-0.3, -0.25) is 4.99 Å². The number of unbranched alkanes of at least 4 members (excludes halogenated alkanes) is 2. The molecule has 0 aromatic carbocycles. The van der Waals surface area contributed by atoms with Crippen LogP contribution >= 0.6 is 0 Å². The average Bonchev–Trinajstić information content (AvgIpc) is 3.26. The van der Waals surface area contributed by atoms with Crippen LogP contribution < -0.4 is 5.32 Å². The molecule has 6 heteroatoms. The van der Waals surface area contributed by atoms with Gasteiger partial charge < -0.3 is 19.5 Å². The molecule has 1 aromatic heterocycles. The second-order valence-corrected chi connectivity index (χ2v) is 8.45. The van der Waals surface area contributed by atoms with Crippen LogP contribution in [0.1, 0.15) is 70.8 Å². The van der Waals surface area contributed by atoms with Gasteiger partial charge in [0.05, 0.1) is 18.5 Å². The van der Waals surface area contributed by atoms with Crippen LogP contribution in [0, 0.1) is 5.92 Å². The van der Waals surface area contributed by atoms with Crippen molar-refractivity contribution in [3.05, 3.63) is 18.7 Å². The first-order valence-electron chi connectivity index (χ1n) is 11.3. The predicted octanol–water partition coefficient (Wildman–Crippen LogP) is 3.86. The largest absolute Gasteiger partial charge is 0.378 e. The molecule has 6 nitrogen and oxygen atoms in total. The first kappa shape index (κ1) is 21.2. The Hall–Kier alpha value is -1.56. The first-order valence-corrected chi connectivity index (χ1v) is 11.3. The van der Waals surface area contributed by atoms with Gasteiger partial charge in [-0.05, 0) is 44.4 Å². The second kappa shape index (κ2) is 11.4. The lowest BCUT2D eigenvalue weighted by Crippen LogP contribution is -2.49. The normalized spacial score (nSPS) is 24.5. The standard InChI is InChI=1S/C22H39N5O/c1-19-11-14-26(17-21(19)27-15-13-24-18-27)22(23-2)25-12-7-4-8-16-28-20-9-5-3-6-10-20/h13,15,18-21H,3-12,14,16-17H2,1-2H3,(H,23,25). The molecule has 2 unspecified atom stereocenters. The Bertz CT molecular complexity index is 567. The molecule has 28 heavy (non-hydrogen) atoms. The number of nitrogens with zero attached hydrogens (tertiary/aromatic N) is 4. The Morgan fingerprint density at radius 3 is 2.79 bits per heavy atom. The van der Waals surface area contributed by atoms with E-state index in [0.29, 0.717) is 18.1 Å². The fourth-order valence-corrected chi connectivity index (χ4v) is 4.51. The number of guanidine groups is 1. The molecule has 1 aliphatic heterocycles. The number of hydrogen-bond donors (Lipinski definition) is 1. The van der Waals surface area contributed by atoms with Crippen LogP contribution in [0.4, 0.5) is 0 Å². The minimum atomic E-state index is 0.465. The highest BCUT2D eigenvalue weighted by Gasteiger charge is 2.28. The highest BCUT2D eigenvalue weighted by molar-refractivity contribution is 5.80. The maximum Gasteiger partial charge on any atom is 0.193 e. The van der Waals surface area contributed by atoms with Crippen LogP contribution in [0.15, 0.2) is 23.7 Å². The van der Waals surface area contributed by atoms with E-state index in [9.17, 15) is 0 Å². The van der Waals surface area contributed by atoms with Crippen LogP contribution in [0.2, 0.25) is 0 Å². The number of aliphatic imine (C=N–C) groups is 1. The van der Waals surface area contributed by atoms with Crippen molar-refractivity contribution < 1.29 is 4.74 Å². The topological polar surface area (TPSA) is 54.7 Å². The second-order valence-electron chi connectivity index (χ2n) is 8.45. The number of ether oxygens (including phenoxy) is 1. The summed E-state index contributed by atoms with van der Waals surface area (Å²) in [6.45, 7) is 6.31.